The summed E-state index contributed by atoms with van der Waals surface area (Å²) in [4.78, 5) is 11.5. The SMILES string of the molecule is CN1CCCC1n1c(-c2cccc(F)c2)nc2cccnc21. The first-order valence-electron chi connectivity index (χ1n) is 7.53. The first-order chi connectivity index (χ1) is 10.7. The van der Waals surface area contributed by atoms with Gasteiger partial charge in [0, 0.05) is 11.8 Å². The summed E-state index contributed by atoms with van der Waals surface area (Å²) >= 11 is 0. The molecule has 3 heterocycles. The molecular formula is C17H17FN4. The van der Waals surface area contributed by atoms with E-state index >= 15 is 0 Å². The first kappa shape index (κ1) is 13.4. The van der Waals surface area contributed by atoms with E-state index in [9.17, 15) is 4.39 Å². The molecule has 0 N–H and O–H groups in total. The van der Waals surface area contributed by atoms with Crippen molar-refractivity contribution in [1.82, 2.24) is 19.4 Å². The number of imidazole rings is 1. The Balaban J connectivity index is 1.97. The lowest BCUT2D eigenvalue weighted by Crippen LogP contribution is -2.24. The molecule has 1 aromatic carbocycles. The van der Waals surface area contributed by atoms with Crippen molar-refractivity contribution in [2.45, 2.75) is 19.0 Å². The van der Waals surface area contributed by atoms with Crippen molar-refractivity contribution in [1.29, 1.82) is 0 Å². The number of hydrogen-bond donors (Lipinski definition) is 0. The minimum atomic E-state index is -0.246. The van der Waals surface area contributed by atoms with E-state index in [0.717, 1.165) is 41.9 Å². The Hall–Kier alpha value is -2.27. The fraction of sp³-hybridized carbons (Fsp3) is 0.294. The van der Waals surface area contributed by atoms with Gasteiger partial charge in [-0.1, -0.05) is 12.1 Å². The van der Waals surface area contributed by atoms with Gasteiger partial charge in [0.2, 0.25) is 0 Å². The van der Waals surface area contributed by atoms with E-state index in [1.807, 2.05) is 18.2 Å². The third-order valence-electron chi connectivity index (χ3n) is 4.31. The maximum Gasteiger partial charge on any atom is 0.161 e. The quantitative estimate of drug-likeness (QED) is 0.726. The molecular weight excluding hydrogens is 279 g/mol. The van der Waals surface area contributed by atoms with Crippen molar-refractivity contribution in [3.8, 4) is 11.4 Å². The van der Waals surface area contributed by atoms with Crippen molar-refractivity contribution >= 4 is 11.2 Å². The van der Waals surface area contributed by atoms with E-state index in [4.69, 9.17) is 4.98 Å². The lowest BCUT2D eigenvalue weighted by Gasteiger charge is -2.23. The van der Waals surface area contributed by atoms with Gasteiger partial charge in [0.1, 0.15) is 17.2 Å². The minimum absolute atomic E-state index is 0.221. The Kier molecular flexibility index (Phi) is 3.15. The van der Waals surface area contributed by atoms with Crippen LogP contribution in [0.2, 0.25) is 0 Å². The van der Waals surface area contributed by atoms with Crippen LogP contribution < -0.4 is 0 Å². The Morgan fingerprint density at radius 2 is 2.14 bits per heavy atom. The number of likely N-dealkylation sites (tertiary alicyclic amines) is 1. The summed E-state index contributed by atoms with van der Waals surface area (Å²) in [6.45, 7) is 1.06. The van der Waals surface area contributed by atoms with E-state index in [2.05, 4.69) is 21.5 Å². The fourth-order valence-electron chi connectivity index (χ4n) is 3.26. The summed E-state index contributed by atoms with van der Waals surface area (Å²) < 4.78 is 15.8. The number of rotatable bonds is 2. The Morgan fingerprint density at radius 1 is 1.23 bits per heavy atom. The molecule has 1 aliphatic heterocycles. The molecule has 1 fully saturated rings. The standard InChI is InChI=1S/C17H17FN4/c1-21-10-4-8-15(21)22-16(12-5-2-6-13(18)11-12)20-14-7-3-9-19-17(14)22/h2-3,5-7,9,11,15H,4,8,10H2,1H3. The van der Waals surface area contributed by atoms with Crippen LogP contribution in [-0.4, -0.2) is 33.0 Å². The summed E-state index contributed by atoms with van der Waals surface area (Å²) in [5.41, 5.74) is 2.50. The lowest BCUT2D eigenvalue weighted by molar-refractivity contribution is 0.244. The second-order valence-corrected chi connectivity index (χ2v) is 5.77. The zero-order chi connectivity index (χ0) is 15.1. The van der Waals surface area contributed by atoms with Crippen LogP contribution in [0, 0.1) is 5.82 Å². The van der Waals surface area contributed by atoms with Crippen LogP contribution in [0.15, 0.2) is 42.6 Å². The fourth-order valence-corrected chi connectivity index (χ4v) is 3.26. The highest BCUT2D eigenvalue weighted by Crippen LogP contribution is 2.33. The lowest BCUT2D eigenvalue weighted by atomic mass is 10.2. The summed E-state index contributed by atoms with van der Waals surface area (Å²) in [5, 5.41) is 0. The van der Waals surface area contributed by atoms with Crippen LogP contribution in [0.25, 0.3) is 22.6 Å². The number of fused-ring (bicyclic) bond motifs is 1. The molecule has 4 rings (SSSR count). The molecule has 0 aliphatic carbocycles. The summed E-state index contributed by atoms with van der Waals surface area (Å²) in [7, 11) is 2.11. The highest BCUT2D eigenvalue weighted by Gasteiger charge is 2.27. The van der Waals surface area contributed by atoms with Gasteiger partial charge < -0.3 is 0 Å². The number of pyridine rings is 1. The zero-order valence-corrected chi connectivity index (χ0v) is 12.4. The molecule has 0 saturated carbocycles. The molecule has 0 spiro atoms. The topological polar surface area (TPSA) is 34.0 Å². The van der Waals surface area contributed by atoms with Gasteiger partial charge in [-0.3, -0.25) is 9.47 Å². The normalized spacial score (nSPS) is 19.1. The maximum atomic E-state index is 13.6. The molecule has 5 heteroatoms. The first-order valence-corrected chi connectivity index (χ1v) is 7.53. The Labute approximate surface area is 128 Å². The van der Waals surface area contributed by atoms with Crippen LogP contribution >= 0.6 is 0 Å². The third kappa shape index (κ3) is 2.09. The van der Waals surface area contributed by atoms with Gasteiger partial charge in [-0.25, -0.2) is 14.4 Å². The molecule has 112 valence electrons. The van der Waals surface area contributed by atoms with E-state index in [-0.39, 0.29) is 12.0 Å². The highest BCUT2D eigenvalue weighted by atomic mass is 19.1. The van der Waals surface area contributed by atoms with Gasteiger partial charge in [0.25, 0.3) is 0 Å². The molecule has 2 aromatic heterocycles. The van der Waals surface area contributed by atoms with Crippen molar-refractivity contribution in [3.63, 3.8) is 0 Å². The van der Waals surface area contributed by atoms with Crippen LogP contribution in [-0.2, 0) is 0 Å². The highest BCUT2D eigenvalue weighted by molar-refractivity contribution is 5.77. The maximum absolute atomic E-state index is 13.6. The van der Waals surface area contributed by atoms with Crippen LogP contribution in [0.4, 0.5) is 4.39 Å². The molecule has 0 radical (unpaired) electrons. The summed E-state index contributed by atoms with van der Waals surface area (Å²) in [6.07, 6.45) is 4.21. The van der Waals surface area contributed by atoms with Crippen molar-refractivity contribution < 1.29 is 4.39 Å². The van der Waals surface area contributed by atoms with E-state index in [0.29, 0.717) is 0 Å². The van der Waals surface area contributed by atoms with Crippen molar-refractivity contribution in [2.75, 3.05) is 13.6 Å². The summed E-state index contributed by atoms with van der Waals surface area (Å²) in [5.74, 6) is 0.538. The third-order valence-corrected chi connectivity index (χ3v) is 4.31. The molecule has 0 bridgehead atoms. The van der Waals surface area contributed by atoms with Gasteiger partial charge in [0.15, 0.2) is 5.65 Å². The monoisotopic (exact) mass is 296 g/mol. The van der Waals surface area contributed by atoms with Gasteiger partial charge in [0.05, 0.1) is 6.17 Å². The smallest absolute Gasteiger partial charge is 0.161 e. The average Bonchev–Trinajstić information content (AvgIpc) is 3.10. The summed E-state index contributed by atoms with van der Waals surface area (Å²) in [6, 6.07) is 10.4. The molecule has 0 amide bonds. The van der Waals surface area contributed by atoms with Crippen molar-refractivity contribution in [2.24, 2.45) is 0 Å². The number of halogens is 1. The second-order valence-electron chi connectivity index (χ2n) is 5.77. The van der Waals surface area contributed by atoms with Gasteiger partial charge in [-0.15, -0.1) is 0 Å². The second kappa shape index (κ2) is 5.18. The van der Waals surface area contributed by atoms with Crippen LogP contribution in [0.5, 0.6) is 0 Å². The van der Waals surface area contributed by atoms with E-state index < -0.39 is 0 Å². The number of nitrogens with zero attached hydrogens (tertiary/aromatic N) is 4. The van der Waals surface area contributed by atoms with Gasteiger partial charge in [-0.05, 0) is 50.7 Å². The van der Waals surface area contributed by atoms with E-state index in [1.54, 1.807) is 12.3 Å². The zero-order valence-electron chi connectivity index (χ0n) is 12.4. The Morgan fingerprint density at radius 3 is 2.91 bits per heavy atom. The molecule has 1 unspecified atom stereocenters. The molecule has 1 atom stereocenters. The van der Waals surface area contributed by atoms with Crippen LogP contribution in [0.3, 0.4) is 0 Å². The molecule has 3 aromatic rings. The number of aromatic nitrogens is 3. The predicted octanol–water partition coefficient (Wildman–Crippen LogP) is 3.46. The van der Waals surface area contributed by atoms with Crippen LogP contribution in [0.1, 0.15) is 19.0 Å². The molecule has 1 saturated heterocycles. The number of hydrogen-bond acceptors (Lipinski definition) is 3. The molecule has 4 nitrogen and oxygen atoms in total. The molecule has 22 heavy (non-hydrogen) atoms. The Bertz CT molecular complexity index is 826. The van der Waals surface area contributed by atoms with Crippen molar-refractivity contribution in [3.05, 3.63) is 48.4 Å². The largest absolute Gasteiger partial charge is 0.292 e. The average molecular weight is 296 g/mol. The minimum Gasteiger partial charge on any atom is -0.292 e. The number of benzene rings is 1. The molecule has 1 aliphatic rings. The van der Waals surface area contributed by atoms with Gasteiger partial charge in [-0.2, -0.15) is 0 Å². The predicted molar refractivity (Wildman–Crippen MR) is 83.8 cm³/mol. The van der Waals surface area contributed by atoms with Gasteiger partial charge >= 0.3 is 0 Å². The van der Waals surface area contributed by atoms with E-state index in [1.165, 1.54) is 12.1 Å².